The van der Waals surface area contributed by atoms with Crippen LogP contribution in [0.1, 0.15) is 20.7 Å². The number of aromatic hydroxyl groups is 2. The van der Waals surface area contributed by atoms with Gasteiger partial charge in [-0.15, -0.1) is 0 Å². The van der Waals surface area contributed by atoms with Gasteiger partial charge >= 0.3 is 28.4 Å². The average molecular weight is 365 g/mol. The standard InChI is InChI=1S/2C7H6O4.Ni/c2*8-5-3-1-2-4(6(5)9)7(10)11;/h2*1-3,8-9H,(H,10,11);/q;;+2/p-2. The summed E-state index contributed by atoms with van der Waals surface area (Å²) in [5, 5.41) is 55.9. The van der Waals surface area contributed by atoms with Crippen LogP contribution in [-0.4, -0.2) is 32.4 Å². The molecule has 0 aliphatic rings. The molecule has 0 amide bonds. The van der Waals surface area contributed by atoms with E-state index in [-0.39, 0.29) is 16.5 Å². The number of aromatic carboxylic acids is 2. The fraction of sp³-hybridized carbons (Fsp3) is 0. The third-order valence-electron chi connectivity index (χ3n) is 2.45. The molecule has 2 aromatic rings. The van der Waals surface area contributed by atoms with E-state index in [1.54, 1.807) is 0 Å². The van der Waals surface area contributed by atoms with Gasteiger partial charge in [-0.3, -0.25) is 0 Å². The van der Waals surface area contributed by atoms with Crippen molar-refractivity contribution in [2.24, 2.45) is 0 Å². The number of carboxylic acid groups (broad SMARTS) is 2. The number of phenols is 2. The van der Waals surface area contributed by atoms with Crippen LogP contribution in [-0.2, 0) is 16.5 Å². The largest absolute Gasteiger partial charge is 2.00 e. The molecule has 8 nitrogen and oxygen atoms in total. The maximum absolute atomic E-state index is 10.8. The first-order chi connectivity index (χ1) is 10.3. The number of rotatable bonds is 2. The number of phenolic OH excluding ortho intramolecular Hbond substituents is 2. The van der Waals surface area contributed by atoms with Crippen molar-refractivity contribution in [1.29, 1.82) is 0 Å². The van der Waals surface area contributed by atoms with Crippen LogP contribution in [0.25, 0.3) is 0 Å². The van der Waals surface area contributed by atoms with Crippen LogP contribution in [0.3, 0.4) is 0 Å². The van der Waals surface area contributed by atoms with Gasteiger partial charge in [-0.1, -0.05) is 23.6 Å². The quantitative estimate of drug-likeness (QED) is 0.554. The van der Waals surface area contributed by atoms with E-state index >= 15 is 0 Å². The molecule has 0 unspecified atom stereocenters. The molecule has 0 heterocycles. The molecule has 0 atom stereocenters. The molecule has 0 spiro atoms. The summed E-state index contributed by atoms with van der Waals surface area (Å²) in [7, 11) is 0. The van der Waals surface area contributed by atoms with Crippen molar-refractivity contribution < 1.29 is 56.7 Å². The monoisotopic (exact) mass is 364 g/mol. The Morgan fingerprint density at radius 2 is 1.04 bits per heavy atom. The van der Waals surface area contributed by atoms with E-state index in [0.29, 0.717) is 0 Å². The van der Waals surface area contributed by atoms with Crippen LogP contribution in [0, 0.1) is 0 Å². The first kappa shape index (κ1) is 20.1. The summed E-state index contributed by atoms with van der Waals surface area (Å²) in [6, 6.07) is 7.19. The molecule has 0 aliphatic heterocycles. The van der Waals surface area contributed by atoms with E-state index in [2.05, 4.69) is 0 Å². The molecule has 2 aromatic carbocycles. The van der Waals surface area contributed by atoms with E-state index in [1.165, 1.54) is 12.1 Å². The van der Waals surface area contributed by atoms with Gasteiger partial charge in [0.1, 0.15) is 11.5 Å². The molecule has 9 heteroatoms. The third-order valence-corrected chi connectivity index (χ3v) is 2.45. The molecule has 0 saturated carbocycles. The molecule has 0 aliphatic carbocycles. The summed E-state index contributed by atoms with van der Waals surface area (Å²) in [5.41, 5.74) is -0.824. The van der Waals surface area contributed by atoms with Crippen LogP contribution in [0.2, 0.25) is 0 Å². The van der Waals surface area contributed by atoms with E-state index in [0.717, 1.165) is 24.3 Å². The SMILES string of the molecule is O=C(O)c1cccc(O)c1[O-].O=C(O)c1cccc(O)c1[O-].[Ni+2]. The smallest absolute Gasteiger partial charge is 0.869 e. The predicted octanol–water partition coefficient (Wildman–Crippen LogP) is 0.325. The number of hydrogen-bond acceptors (Lipinski definition) is 6. The Labute approximate surface area is 139 Å². The summed E-state index contributed by atoms with van der Waals surface area (Å²) in [4.78, 5) is 20.5. The number of para-hydroxylation sites is 2. The van der Waals surface area contributed by atoms with Crippen molar-refractivity contribution in [3.63, 3.8) is 0 Å². The molecule has 0 saturated heterocycles. The van der Waals surface area contributed by atoms with Crippen LogP contribution in [0.15, 0.2) is 36.4 Å². The van der Waals surface area contributed by atoms with Gasteiger partial charge in [0.05, 0.1) is 11.1 Å². The molecule has 0 aromatic heterocycles. The third kappa shape index (κ3) is 5.08. The number of hydrogen-bond donors (Lipinski definition) is 4. The van der Waals surface area contributed by atoms with Crippen molar-refractivity contribution in [1.82, 2.24) is 0 Å². The Morgan fingerprint density at radius 1 is 0.739 bits per heavy atom. The first-order valence-electron chi connectivity index (χ1n) is 5.70. The molecule has 2 rings (SSSR count). The fourth-order valence-corrected chi connectivity index (χ4v) is 1.39. The second-order valence-electron chi connectivity index (χ2n) is 3.92. The molecule has 124 valence electrons. The second kappa shape index (κ2) is 8.50. The Balaban J connectivity index is 0.000000403. The second-order valence-corrected chi connectivity index (χ2v) is 3.92. The molecular formula is C14H10NiO8. The van der Waals surface area contributed by atoms with Gasteiger partial charge in [0.2, 0.25) is 0 Å². The Kier molecular flexibility index (Phi) is 7.42. The molecule has 0 radical (unpaired) electrons. The molecular weight excluding hydrogens is 355 g/mol. The topological polar surface area (TPSA) is 161 Å². The minimum Gasteiger partial charge on any atom is -0.869 e. The normalized spacial score (nSPS) is 9.04. The number of benzene rings is 2. The van der Waals surface area contributed by atoms with Gasteiger partial charge in [-0.05, 0) is 24.3 Å². The Hall–Kier alpha value is -2.93. The van der Waals surface area contributed by atoms with Crippen molar-refractivity contribution in [2.45, 2.75) is 0 Å². The van der Waals surface area contributed by atoms with E-state index in [1.807, 2.05) is 0 Å². The summed E-state index contributed by atoms with van der Waals surface area (Å²) >= 11 is 0. The molecule has 0 fully saturated rings. The summed E-state index contributed by atoms with van der Waals surface area (Å²) in [6.07, 6.45) is 0. The van der Waals surface area contributed by atoms with Gasteiger partial charge in [0.15, 0.2) is 0 Å². The fourth-order valence-electron chi connectivity index (χ4n) is 1.39. The number of carboxylic acids is 2. The van der Waals surface area contributed by atoms with E-state index in [9.17, 15) is 19.8 Å². The van der Waals surface area contributed by atoms with Gasteiger partial charge in [-0.25, -0.2) is 9.59 Å². The maximum atomic E-state index is 10.8. The summed E-state index contributed by atoms with van der Waals surface area (Å²) < 4.78 is 0. The average Bonchev–Trinajstić information content (AvgIpc) is 2.45. The molecule has 4 N–H and O–H groups in total. The van der Waals surface area contributed by atoms with E-state index in [4.69, 9.17) is 20.4 Å². The minimum atomic E-state index is -1.33. The minimum absolute atomic E-state index is 0. The maximum Gasteiger partial charge on any atom is 2.00 e. The zero-order chi connectivity index (χ0) is 16.9. The van der Waals surface area contributed by atoms with Crippen molar-refractivity contribution in [3.8, 4) is 23.0 Å². The predicted molar refractivity (Wildman–Crippen MR) is 69.0 cm³/mol. The van der Waals surface area contributed by atoms with Crippen LogP contribution >= 0.6 is 0 Å². The Bertz CT molecular complexity index is 652. The van der Waals surface area contributed by atoms with Crippen LogP contribution in [0.4, 0.5) is 0 Å². The molecule has 23 heavy (non-hydrogen) atoms. The van der Waals surface area contributed by atoms with Crippen LogP contribution < -0.4 is 10.2 Å². The number of carbonyl (C=O) groups is 2. The Morgan fingerprint density at radius 3 is 1.26 bits per heavy atom. The van der Waals surface area contributed by atoms with Gasteiger partial charge in [-0.2, -0.15) is 0 Å². The summed E-state index contributed by atoms with van der Waals surface area (Å²) in [6.45, 7) is 0. The van der Waals surface area contributed by atoms with Crippen molar-refractivity contribution in [2.75, 3.05) is 0 Å². The van der Waals surface area contributed by atoms with Crippen molar-refractivity contribution in [3.05, 3.63) is 47.5 Å². The first-order valence-corrected chi connectivity index (χ1v) is 5.70. The van der Waals surface area contributed by atoms with Crippen molar-refractivity contribution >= 4 is 11.9 Å². The van der Waals surface area contributed by atoms with E-state index < -0.39 is 46.1 Å². The summed E-state index contributed by atoms with van der Waals surface area (Å²) in [5.74, 6) is -5.42. The zero-order valence-corrected chi connectivity index (χ0v) is 12.2. The van der Waals surface area contributed by atoms with Gasteiger partial charge in [0, 0.05) is 0 Å². The van der Waals surface area contributed by atoms with Gasteiger partial charge in [0.25, 0.3) is 0 Å². The zero-order valence-electron chi connectivity index (χ0n) is 11.2. The van der Waals surface area contributed by atoms with Crippen LogP contribution in [0.5, 0.6) is 23.0 Å². The van der Waals surface area contributed by atoms with Gasteiger partial charge < -0.3 is 30.6 Å². The molecule has 0 bridgehead atoms.